The second-order valence-corrected chi connectivity index (χ2v) is 4.28. The zero-order chi connectivity index (χ0) is 13.4. The van der Waals surface area contributed by atoms with Crippen molar-refractivity contribution in [2.24, 2.45) is 7.05 Å². The van der Waals surface area contributed by atoms with Crippen molar-refractivity contribution in [3.8, 4) is 5.75 Å². The Morgan fingerprint density at radius 2 is 2.17 bits per heavy atom. The summed E-state index contributed by atoms with van der Waals surface area (Å²) in [6, 6.07) is 1.09. The van der Waals surface area contributed by atoms with Gasteiger partial charge in [-0.2, -0.15) is 0 Å². The normalized spacial score (nSPS) is 11.4. The minimum absolute atomic E-state index is 0.102. The van der Waals surface area contributed by atoms with E-state index in [0.717, 1.165) is 6.07 Å². The molecule has 0 bridgehead atoms. The molecule has 2 rings (SSSR count). The van der Waals surface area contributed by atoms with Crippen molar-refractivity contribution < 1.29 is 17.9 Å². The largest absolute Gasteiger partial charge is 0.487 e. The van der Waals surface area contributed by atoms with Gasteiger partial charge in [0.2, 0.25) is 0 Å². The van der Waals surface area contributed by atoms with Crippen LogP contribution in [-0.4, -0.2) is 22.6 Å². The lowest BCUT2D eigenvalue weighted by atomic mass is 10.1. The summed E-state index contributed by atoms with van der Waals surface area (Å²) in [5, 5.41) is 0. The van der Waals surface area contributed by atoms with Gasteiger partial charge in [0.15, 0.2) is 10.6 Å². The molecule has 0 aliphatic heterocycles. The second-order valence-electron chi connectivity index (χ2n) is 3.90. The number of halogens is 3. The maximum absolute atomic E-state index is 13.8. The Morgan fingerprint density at radius 1 is 1.50 bits per heavy atom. The number of hydrogen-bond acceptors (Lipinski definition) is 2. The molecule has 18 heavy (non-hydrogen) atoms. The molecule has 3 nitrogen and oxygen atoms in total. The molecule has 0 unspecified atom stereocenters. The highest BCUT2D eigenvalue weighted by molar-refractivity contribution is 7.71. The van der Waals surface area contributed by atoms with Crippen LogP contribution in [0.1, 0.15) is 5.56 Å². The van der Waals surface area contributed by atoms with Crippen molar-refractivity contribution in [3.05, 3.63) is 22.2 Å². The van der Waals surface area contributed by atoms with Crippen LogP contribution in [0.5, 0.6) is 5.75 Å². The van der Waals surface area contributed by atoms with E-state index < -0.39 is 18.8 Å². The van der Waals surface area contributed by atoms with Crippen LogP contribution < -0.4 is 4.74 Å². The molecule has 1 heterocycles. The minimum Gasteiger partial charge on any atom is -0.487 e. The van der Waals surface area contributed by atoms with Gasteiger partial charge in [-0.25, -0.2) is 13.2 Å². The number of rotatable bonds is 3. The third-order valence-corrected chi connectivity index (χ3v) is 3.07. The molecule has 1 N–H and O–H groups in total. The van der Waals surface area contributed by atoms with E-state index in [0.29, 0.717) is 15.9 Å². The summed E-state index contributed by atoms with van der Waals surface area (Å²) >= 11 is 5.00. The van der Waals surface area contributed by atoms with Gasteiger partial charge < -0.3 is 14.3 Å². The van der Waals surface area contributed by atoms with Crippen molar-refractivity contribution in [1.82, 2.24) is 9.55 Å². The van der Waals surface area contributed by atoms with Gasteiger partial charge in [-0.1, -0.05) is 0 Å². The smallest absolute Gasteiger partial charge is 0.272 e. The molecule has 1 aromatic carbocycles. The molecule has 2 aromatic rings. The number of hydrogen-bond donors (Lipinski definition) is 1. The molecule has 0 amide bonds. The quantitative estimate of drug-likeness (QED) is 0.871. The summed E-state index contributed by atoms with van der Waals surface area (Å²) in [5.74, 6) is -0.475. The van der Waals surface area contributed by atoms with Gasteiger partial charge in [0.05, 0.1) is 5.52 Å². The van der Waals surface area contributed by atoms with E-state index in [1.54, 1.807) is 18.5 Å². The molecule has 98 valence electrons. The van der Waals surface area contributed by atoms with E-state index >= 15 is 0 Å². The molecule has 0 fully saturated rings. The van der Waals surface area contributed by atoms with Gasteiger partial charge in [-0.05, 0) is 19.1 Å². The van der Waals surface area contributed by atoms with Crippen molar-refractivity contribution >= 4 is 23.3 Å². The number of aromatic amines is 1. The van der Waals surface area contributed by atoms with E-state index in [4.69, 9.17) is 17.0 Å². The van der Waals surface area contributed by atoms with Crippen LogP contribution in [0.2, 0.25) is 0 Å². The summed E-state index contributed by atoms with van der Waals surface area (Å²) in [7, 11) is 1.67. The summed E-state index contributed by atoms with van der Waals surface area (Å²) in [4.78, 5) is 2.73. The van der Waals surface area contributed by atoms with E-state index in [9.17, 15) is 13.2 Å². The van der Waals surface area contributed by atoms with E-state index in [-0.39, 0.29) is 11.3 Å². The molecule has 0 radical (unpaired) electrons. The Balaban J connectivity index is 2.60. The maximum Gasteiger partial charge on any atom is 0.272 e. The lowest BCUT2D eigenvalue weighted by Gasteiger charge is -2.10. The number of nitrogens with one attached hydrogen (secondary N) is 1. The highest BCUT2D eigenvalue weighted by Gasteiger charge is 2.15. The zero-order valence-electron chi connectivity index (χ0n) is 9.76. The molecule has 0 saturated heterocycles. The van der Waals surface area contributed by atoms with Crippen LogP contribution in [0, 0.1) is 17.5 Å². The highest BCUT2D eigenvalue weighted by atomic mass is 32.1. The average molecular weight is 276 g/mol. The van der Waals surface area contributed by atoms with E-state index in [1.807, 2.05) is 0 Å². The van der Waals surface area contributed by atoms with Crippen LogP contribution in [0.3, 0.4) is 0 Å². The number of aromatic nitrogens is 2. The first-order valence-electron chi connectivity index (χ1n) is 5.20. The number of nitrogens with zero attached hydrogens (tertiary/aromatic N) is 1. The maximum atomic E-state index is 13.8. The Morgan fingerprint density at radius 3 is 2.78 bits per heavy atom. The Hall–Kier alpha value is -1.50. The van der Waals surface area contributed by atoms with Crippen LogP contribution in [0.4, 0.5) is 13.2 Å². The van der Waals surface area contributed by atoms with Crippen molar-refractivity contribution in [1.29, 1.82) is 0 Å². The number of fused-ring (bicyclic) bond motifs is 1. The number of aryl methyl sites for hydroxylation is 2. The third-order valence-electron chi connectivity index (χ3n) is 2.70. The predicted molar refractivity (Wildman–Crippen MR) is 64.3 cm³/mol. The fourth-order valence-corrected chi connectivity index (χ4v) is 2.04. The van der Waals surface area contributed by atoms with Gasteiger partial charge in [-0.3, -0.25) is 0 Å². The highest BCUT2D eigenvalue weighted by Crippen LogP contribution is 2.29. The Bertz CT molecular complexity index is 648. The van der Waals surface area contributed by atoms with Gasteiger partial charge in [0.1, 0.15) is 17.9 Å². The average Bonchev–Trinajstić information content (AvgIpc) is 2.59. The summed E-state index contributed by atoms with van der Waals surface area (Å²) in [6.45, 7) is 0.909. The summed E-state index contributed by atoms with van der Waals surface area (Å²) in [5.41, 5.74) is 1.34. The number of alkyl halides is 2. The molecule has 7 heteroatoms. The number of H-pyrrole nitrogens is 1. The van der Waals surface area contributed by atoms with E-state index in [2.05, 4.69) is 4.98 Å². The Labute approximate surface area is 106 Å². The molecular weight excluding hydrogens is 265 g/mol. The first kappa shape index (κ1) is 12.9. The summed E-state index contributed by atoms with van der Waals surface area (Å²) in [6.07, 6.45) is -2.60. The van der Waals surface area contributed by atoms with Crippen molar-refractivity contribution in [3.63, 3.8) is 0 Å². The number of benzene rings is 1. The fourth-order valence-electron chi connectivity index (χ4n) is 1.85. The number of ether oxygens (including phenoxy) is 1. The van der Waals surface area contributed by atoms with Crippen LogP contribution >= 0.6 is 12.2 Å². The first-order chi connectivity index (χ1) is 8.41. The van der Waals surface area contributed by atoms with Crippen molar-refractivity contribution in [2.45, 2.75) is 13.3 Å². The molecule has 0 saturated carbocycles. The molecule has 1 aromatic heterocycles. The molecule has 0 aliphatic carbocycles. The summed E-state index contributed by atoms with van der Waals surface area (Å²) < 4.78 is 44.8. The first-order valence-corrected chi connectivity index (χ1v) is 5.61. The monoisotopic (exact) mass is 276 g/mol. The minimum atomic E-state index is -2.60. The third kappa shape index (κ3) is 2.10. The molecule has 0 atom stereocenters. The molecule has 0 aliphatic rings. The van der Waals surface area contributed by atoms with Crippen LogP contribution in [0.15, 0.2) is 6.07 Å². The van der Waals surface area contributed by atoms with Gasteiger partial charge in [-0.15, -0.1) is 0 Å². The van der Waals surface area contributed by atoms with E-state index in [1.165, 1.54) is 0 Å². The van der Waals surface area contributed by atoms with Gasteiger partial charge in [0.25, 0.3) is 6.43 Å². The lowest BCUT2D eigenvalue weighted by Crippen LogP contribution is -2.08. The second kappa shape index (κ2) is 4.64. The molecular formula is C11H11F3N2OS. The van der Waals surface area contributed by atoms with Gasteiger partial charge >= 0.3 is 0 Å². The van der Waals surface area contributed by atoms with Crippen LogP contribution in [0.25, 0.3) is 11.0 Å². The predicted octanol–water partition coefficient (Wildman–Crippen LogP) is 3.33. The lowest BCUT2D eigenvalue weighted by molar-refractivity contribution is 0.0815. The molecule has 0 spiro atoms. The van der Waals surface area contributed by atoms with Gasteiger partial charge in [0, 0.05) is 18.7 Å². The van der Waals surface area contributed by atoms with Crippen molar-refractivity contribution in [2.75, 3.05) is 6.61 Å². The Kier molecular flexibility index (Phi) is 3.34. The van der Waals surface area contributed by atoms with Crippen LogP contribution in [-0.2, 0) is 7.05 Å². The fraction of sp³-hybridized carbons (Fsp3) is 0.364. The SMILES string of the molecule is Cc1c(OCC(F)F)cc(F)c2[nH]c(=S)n(C)c12. The standard InChI is InChI=1S/C11H11F3N2OS/c1-5-7(17-4-8(13)14)3-6(12)9-10(5)16(2)11(18)15-9/h3,8H,4H2,1-2H3,(H,15,18). The number of imidazole rings is 1. The zero-order valence-corrected chi connectivity index (χ0v) is 10.6. The topological polar surface area (TPSA) is 29.9 Å².